The van der Waals surface area contributed by atoms with Gasteiger partial charge in [-0.2, -0.15) is 0 Å². The van der Waals surface area contributed by atoms with E-state index in [0.29, 0.717) is 15.8 Å². The Labute approximate surface area is 89.6 Å². The first-order valence-electron chi connectivity index (χ1n) is 3.43. The predicted octanol–water partition coefficient (Wildman–Crippen LogP) is 1.80. The standard InChI is InChI=1S/C8H8BrNO2S/c1-12-5-3-2-4(8(10)13)6(9)7(5)11/h2-3,11H,1H3,(H2,10,13). The van der Waals surface area contributed by atoms with Gasteiger partial charge < -0.3 is 15.6 Å². The molecule has 0 fully saturated rings. The molecular weight excluding hydrogens is 254 g/mol. The molecule has 1 aromatic carbocycles. The van der Waals surface area contributed by atoms with Crippen molar-refractivity contribution < 1.29 is 9.84 Å². The zero-order valence-corrected chi connectivity index (χ0v) is 9.28. The number of phenols is 1. The number of ether oxygens (including phenoxy) is 1. The Balaban J connectivity index is 3.31. The molecule has 0 aromatic heterocycles. The Bertz CT molecular complexity index is 354. The first-order chi connectivity index (χ1) is 6.07. The number of hydrogen-bond acceptors (Lipinski definition) is 3. The molecule has 0 radical (unpaired) electrons. The van der Waals surface area contributed by atoms with Gasteiger partial charge in [0.15, 0.2) is 11.5 Å². The fourth-order valence-electron chi connectivity index (χ4n) is 0.902. The van der Waals surface area contributed by atoms with Gasteiger partial charge in [-0.05, 0) is 28.1 Å². The Morgan fingerprint density at radius 1 is 1.62 bits per heavy atom. The third-order valence-electron chi connectivity index (χ3n) is 1.56. The van der Waals surface area contributed by atoms with Crippen molar-refractivity contribution in [2.45, 2.75) is 0 Å². The molecule has 0 spiro atoms. The molecule has 1 aromatic rings. The van der Waals surface area contributed by atoms with Crippen molar-refractivity contribution in [2.24, 2.45) is 5.73 Å². The summed E-state index contributed by atoms with van der Waals surface area (Å²) in [6.45, 7) is 0. The number of thiocarbonyl (C=S) groups is 1. The van der Waals surface area contributed by atoms with Gasteiger partial charge in [0, 0.05) is 5.56 Å². The molecule has 3 N–H and O–H groups in total. The number of phenolic OH excluding ortho intramolecular Hbond substituents is 1. The second kappa shape index (κ2) is 3.93. The van der Waals surface area contributed by atoms with E-state index in [1.54, 1.807) is 12.1 Å². The van der Waals surface area contributed by atoms with Crippen molar-refractivity contribution in [3.05, 3.63) is 22.2 Å². The van der Waals surface area contributed by atoms with E-state index in [1.165, 1.54) is 7.11 Å². The van der Waals surface area contributed by atoms with E-state index in [0.717, 1.165) is 0 Å². The highest BCUT2D eigenvalue weighted by atomic mass is 79.9. The summed E-state index contributed by atoms with van der Waals surface area (Å²) in [7, 11) is 1.47. The molecule has 0 saturated carbocycles. The number of nitrogens with two attached hydrogens (primary N) is 1. The second-order valence-electron chi connectivity index (χ2n) is 2.34. The number of methoxy groups -OCH3 is 1. The van der Waals surface area contributed by atoms with Crippen LogP contribution in [-0.2, 0) is 0 Å². The maximum Gasteiger partial charge on any atom is 0.172 e. The lowest BCUT2D eigenvalue weighted by Crippen LogP contribution is -2.10. The SMILES string of the molecule is COc1ccc(C(N)=S)c(Br)c1O. The van der Waals surface area contributed by atoms with Crippen LogP contribution in [0.3, 0.4) is 0 Å². The summed E-state index contributed by atoms with van der Waals surface area (Å²) in [5.41, 5.74) is 6.02. The van der Waals surface area contributed by atoms with E-state index in [4.69, 9.17) is 22.7 Å². The first kappa shape index (κ1) is 10.3. The van der Waals surface area contributed by atoms with Crippen LogP contribution in [0.5, 0.6) is 11.5 Å². The fourth-order valence-corrected chi connectivity index (χ4v) is 1.74. The van der Waals surface area contributed by atoms with Gasteiger partial charge >= 0.3 is 0 Å². The lowest BCUT2D eigenvalue weighted by atomic mass is 10.2. The Kier molecular flexibility index (Phi) is 3.11. The highest BCUT2D eigenvalue weighted by Crippen LogP contribution is 2.36. The molecule has 13 heavy (non-hydrogen) atoms. The number of rotatable bonds is 2. The zero-order chi connectivity index (χ0) is 10.0. The highest BCUT2D eigenvalue weighted by molar-refractivity contribution is 9.10. The monoisotopic (exact) mass is 261 g/mol. The van der Waals surface area contributed by atoms with Crippen LogP contribution in [0, 0.1) is 0 Å². The molecule has 0 bridgehead atoms. The molecule has 0 aliphatic heterocycles. The van der Waals surface area contributed by atoms with Crippen molar-refractivity contribution in [3.8, 4) is 11.5 Å². The van der Waals surface area contributed by atoms with Gasteiger partial charge in [-0.1, -0.05) is 12.2 Å². The first-order valence-corrected chi connectivity index (χ1v) is 4.63. The number of hydrogen-bond donors (Lipinski definition) is 2. The van der Waals surface area contributed by atoms with Crippen LogP contribution >= 0.6 is 28.1 Å². The van der Waals surface area contributed by atoms with Crippen molar-refractivity contribution in [3.63, 3.8) is 0 Å². The molecule has 0 heterocycles. The normalized spacial score (nSPS) is 9.69. The van der Waals surface area contributed by atoms with E-state index in [2.05, 4.69) is 15.9 Å². The third-order valence-corrected chi connectivity index (χ3v) is 2.59. The topological polar surface area (TPSA) is 55.5 Å². The van der Waals surface area contributed by atoms with Crippen LogP contribution in [-0.4, -0.2) is 17.2 Å². The van der Waals surface area contributed by atoms with Gasteiger partial charge in [-0.3, -0.25) is 0 Å². The molecule has 70 valence electrons. The molecule has 5 heteroatoms. The summed E-state index contributed by atoms with van der Waals surface area (Å²) in [6.07, 6.45) is 0. The minimum Gasteiger partial charge on any atom is -0.503 e. The summed E-state index contributed by atoms with van der Waals surface area (Å²) < 4.78 is 5.35. The van der Waals surface area contributed by atoms with Gasteiger partial charge in [0.05, 0.1) is 11.6 Å². The van der Waals surface area contributed by atoms with Crippen LogP contribution in [0.4, 0.5) is 0 Å². The van der Waals surface area contributed by atoms with Crippen molar-refractivity contribution in [1.82, 2.24) is 0 Å². The number of aromatic hydroxyl groups is 1. The van der Waals surface area contributed by atoms with Crippen LogP contribution in [0.1, 0.15) is 5.56 Å². The minimum absolute atomic E-state index is 0.00722. The Morgan fingerprint density at radius 2 is 2.23 bits per heavy atom. The van der Waals surface area contributed by atoms with Gasteiger partial charge in [0.2, 0.25) is 0 Å². The summed E-state index contributed by atoms with van der Waals surface area (Å²) in [4.78, 5) is 0.227. The van der Waals surface area contributed by atoms with Crippen LogP contribution in [0.15, 0.2) is 16.6 Å². The molecule has 0 unspecified atom stereocenters. The van der Waals surface area contributed by atoms with Crippen LogP contribution in [0.2, 0.25) is 0 Å². The molecule has 0 aliphatic carbocycles. The average Bonchev–Trinajstić information content (AvgIpc) is 2.09. The second-order valence-corrected chi connectivity index (χ2v) is 3.58. The predicted molar refractivity (Wildman–Crippen MR) is 58.2 cm³/mol. The fraction of sp³-hybridized carbons (Fsp3) is 0.125. The molecule has 0 saturated heterocycles. The van der Waals surface area contributed by atoms with Gasteiger partial charge in [0.1, 0.15) is 4.99 Å². The van der Waals surface area contributed by atoms with Gasteiger partial charge in [-0.15, -0.1) is 0 Å². The molecule has 0 amide bonds. The lowest BCUT2D eigenvalue weighted by Gasteiger charge is -2.08. The summed E-state index contributed by atoms with van der Waals surface area (Å²) in [5, 5.41) is 9.54. The zero-order valence-electron chi connectivity index (χ0n) is 6.87. The molecule has 3 nitrogen and oxygen atoms in total. The smallest absolute Gasteiger partial charge is 0.172 e. The molecule has 0 atom stereocenters. The average molecular weight is 262 g/mol. The van der Waals surface area contributed by atoms with Crippen LogP contribution < -0.4 is 10.5 Å². The maximum absolute atomic E-state index is 9.54. The lowest BCUT2D eigenvalue weighted by molar-refractivity contribution is 0.372. The van der Waals surface area contributed by atoms with Gasteiger partial charge in [-0.25, -0.2) is 0 Å². The largest absolute Gasteiger partial charge is 0.503 e. The summed E-state index contributed by atoms with van der Waals surface area (Å²) in [5.74, 6) is 0.389. The van der Waals surface area contributed by atoms with Crippen LogP contribution in [0.25, 0.3) is 0 Å². The molecule has 1 rings (SSSR count). The molecular formula is C8H8BrNO2S. The Morgan fingerprint density at radius 3 is 2.69 bits per heavy atom. The summed E-state index contributed by atoms with van der Waals surface area (Å²) in [6, 6.07) is 3.29. The van der Waals surface area contributed by atoms with Gasteiger partial charge in [0.25, 0.3) is 0 Å². The summed E-state index contributed by atoms with van der Waals surface area (Å²) >= 11 is 7.96. The quantitative estimate of drug-likeness (QED) is 0.798. The minimum atomic E-state index is 0.00722. The van der Waals surface area contributed by atoms with E-state index in [-0.39, 0.29) is 10.7 Å². The highest BCUT2D eigenvalue weighted by Gasteiger charge is 2.11. The molecule has 0 aliphatic rings. The van der Waals surface area contributed by atoms with Crippen molar-refractivity contribution >= 4 is 33.1 Å². The van der Waals surface area contributed by atoms with Crippen molar-refractivity contribution in [2.75, 3.05) is 7.11 Å². The van der Waals surface area contributed by atoms with E-state index >= 15 is 0 Å². The number of halogens is 1. The van der Waals surface area contributed by atoms with E-state index < -0.39 is 0 Å². The van der Waals surface area contributed by atoms with E-state index in [9.17, 15) is 5.11 Å². The Hall–Kier alpha value is -0.810. The number of benzene rings is 1. The van der Waals surface area contributed by atoms with Crippen molar-refractivity contribution in [1.29, 1.82) is 0 Å². The third kappa shape index (κ3) is 1.92. The van der Waals surface area contributed by atoms with E-state index in [1.807, 2.05) is 0 Å². The maximum atomic E-state index is 9.54.